The molecule has 2 atom stereocenters. The second-order valence-electron chi connectivity index (χ2n) is 7.63. The van der Waals surface area contributed by atoms with Gasteiger partial charge in [-0.25, -0.2) is 4.98 Å². The summed E-state index contributed by atoms with van der Waals surface area (Å²) >= 11 is 0. The van der Waals surface area contributed by atoms with Crippen molar-refractivity contribution in [1.82, 2.24) is 15.3 Å². The molecule has 0 radical (unpaired) electrons. The molecule has 0 aromatic carbocycles. The van der Waals surface area contributed by atoms with Gasteiger partial charge in [0.15, 0.2) is 0 Å². The average Bonchev–Trinajstić information content (AvgIpc) is 2.77. The van der Waals surface area contributed by atoms with E-state index in [1.54, 1.807) is 0 Å². The van der Waals surface area contributed by atoms with Crippen molar-refractivity contribution in [2.45, 2.75) is 48.5 Å². The molecule has 6 N–H and O–H groups in total. The highest BCUT2D eigenvalue weighted by atomic mass is 32.3. The van der Waals surface area contributed by atoms with Crippen LogP contribution in [0.1, 0.15) is 47.3 Å². The quantitative estimate of drug-likeness (QED) is 0.399. The Hall–Kier alpha value is -2.70. The van der Waals surface area contributed by atoms with Gasteiger partial charge >= 0.3 is 6.18 Å². The van der Waals surface area contributed by atoms with E-state index in [-0.39, 0.29) is 42.1 Å². The summed E-state index contributed by atoms with van der Waals surface area (Å²) in [4.78, 5) is 20.3. The molecule has 174 valence electrons. The number of nitrogens with zero attached hydrogens (tertiary/aromatic N) is 2. The number of aromatic nitrogens is 2. The smallest absolute Gasteiger partial charge is 0.383 e. The van der Waals surface area contributed by atoms with Crippen LogP contribution in [0.2, 0.25) is 0 Å². The number of hydrogen-bond acceptors (Lipinski definition) is 7. The lowest BCUT2D eigenvalue weighted by Gasteiger charge is -2.44. The van der Waals surface area contributed by atoms with Crippen LogP contribution in [0.25, 0.3) is 0 Å². The largest absolute Gasteiger partial charge is 0.391 e. The first kappa shape index (κ1) is 24.0. The molecule has 2 aromatic rings. The summed E-state index contributed by atoms with van der Waals surface area (Å²) < 4.78 is 60.5. The summed E-state index contributed by atoms with van der Waals surface area (Å²) in [6.45, 7) is 0.0299. The molecule has 1 amide bonds. The number of carbonyl (C=O) groups excluding carboxylic acids is 1. The van der Waals surface area contributed by atoms with Crippen LogP contribution in [0.15, 0.2) is 35.5 Å². The predicted molar refractivity (Wildman–Crippen MR) is 115 cm³/mol. The zero-order chi connectivity index (χ0) is 23.5. The SMILES string of the molecule is N=Cc1cc(C(=O)NCc2ccc(S(O)(O)C3CCCC(C(F)(F)F)C3)cn2)cnc1N. The maximum Gasteiger partial charge on any atom is 0.391 e. The normalized spacial score (nSPS) is 19.9. The highest BCUT2D eigenvalue weighted by molar-refractivity contribution is 8.24. The van der Waals surface area contributed by atoms with Crippen LogP contribution < -0.4 is 11.1 Å². The van der Waals surface area contributed by atoms with Crippen LogP contribution in [0.4, 0.5) is 19.0 Å². The minimum atomic E-state index is -4.35. The molecule has 3 rings (SSSR count). The Morgan fingerprint density at radius 1 is 1.28 bits per heavy atom. The Bertz CT molecular complexity index is 985. The van der Waals surface area contributed by atoms with Crippen LogP contribution >= 0.6 is 10.6 Å². The average molecular weight is 472 g/mol. The van der Waals surface area contributed by atoms with Crippen molar-refractivity contribution in [3.8, 4) is 0 Å². The zero-order valence-electron chi connectivity index (χ0n) is 17.0. The van der Waals surface area contributed by atoms with Crippen molar-refractivity contribution >= 4 is 28.5 Å². The zero-order valence-corrected chi connectivity index (χ0v) is 17.8. The molecule has 2 aromatic heterocycles. The second kappa shape index (κ2) is 9.43. The second-order valence-corrected chi connectivity index (χ2v) is 9.95. The predicted octanol–water partition coefficient (Wildman–Crippen LogP) is 4.22. The van der Waals surface area contributed by atoms with Crippen LogP contribution in [0, 0.1) is 11.3 Å². The third-order valence-corrected chi connectivity index (χ3v) is 7.79. The lowest BCUT2D eigenvalue weighted by Crippen LogP contribution is -2.33. The Morgan fingerprint density at radius 3 is 2.66 bits per heavy atom. The molecule has 0 bridgehead atoms. The van der Waals surface area contributed by atoms with Crippen molar-refractivity contribution in [3.63, 3.8) is 0 Å². The molecule has 0 saturated heterocycles. The molecule has 1 saturated carbocycles. The van der Waals surface area contributed by atoms with E-state index in [4.69, 9.17) is 11.1 Å². The van der Waals surface area contributed by atoms with Crippen molar-refractivity contribution in [2.24, 2.45) is 5.92 Å². The van der Waals surface area contributed by atoms with E-state index in [9.17, 15) is 27.1 Å². The van der Waals surface area contributed by atoms with Gasteiger partial charge in [-0.2, -0.15) is 23.8 Å². The van der Waals surface area contributed by atoms with Gasteiger partial charge in [-0.3, -0.25) is 18.9 Å². The summed E-state index contributed by atoms with van der Waals surface area (Å²) in [5.41, 5.74) is 6.53. The number of nitrogens with one attached hydrogen (secondary N) is 2. The van der Waals surface area contributed by atoms with E-state index in [1.165, 1.54) is 30.6 Å². The molecule has 8 nitrogen and oxygen atoms in total. The number of nitrogens with two attached hydrogens (primary N) is 1. The molecular formula is C20H24F3N5O3S. The van der Waals surface area contributed by atoms with E-state index in [2.05, 4.69) is 15.3 Å². The number of alkyl halides is 3. The number of nitrogen functional groups attached to an aromatic ring is 1. The Labute approximate surface area is 184 Å². The Kier molecular flexibility index (Phi) is 7.06. The lowest BCUT2D eigenvalue weighted by atomic mass is 9.88. The maximum atomic E-state index is 13.1. The monoisotopic (exact) mass is 471 g/mol. The summed E-state index contributed by atoms with van der Waals surface area (Å²) in [5.74, 6) is -1.87. The molecular weight excluding hydrogens is 447 g/mol. The summed E-state index contributed by atoms with van der Waals surface area (Å²) in [6.07, 6.45) is -0.598. The fourth-order valence-electron chi connectivity index (χ4n) is 3.63. The number of amides is 1. The van der Waals surface area contributed by atoms with Crippen molar-refractivity contribution in [1.29, 1.82) is 5.41 Å². The van der Waals surface area contributed by atoms with Crippen LogP contribution in [0.3, 0.4) is 0 Å². The summed E-state index contributed by atoms with van der Waals surface area (Å²) in [5, 5.41) is 9.01. The Balaban J connectivity index is 1.64. The van der Waals surface area contributed by atoms with E-state index in [1.807, 2.05) is 0 Å². The molecule has 1 fully saturated rings. The minimum absolute atomic E-state index is 0.00273. The molecule has 32 heavy (non-hydrogen) atoms. The van der Waals surface area contributed by atoms with Gasteiger partial charge in [0.05, 0.1) is 40.1 Å². The van der Waals surface area contributed by atoms with Gasteiger partial charge in [0, 0.05) is 18.0 Å². The van der Waals surface area contributed by atoms with Gasteiger partial charge in [-0.1, -0.05) is 6.42 Å². The first-order valence-corrected chi connectivity index (χ1v) is 11.5. The molecule has 0 spiro atoms. The third-order valence-electron chi connectivity index (χ3n) is 5.50. The van der Waals surface area contributed by atoms with Crippen molar-refractivity contribution in [2.75, 3.05) is 5.73 Å². The van der Waals surface area contributed by atoms with Gasteiger partial charge in [0.25, 0.3) is 5.91 Å². The maximum absolute atomic E-state index is 13.1. The molecule has 1 aliphatic carbocycles. The van der Waals surface area contributed by atoms with Crippen LogP contribution in [0.5, 0.6) is 0 Å². The van der Waals surface area contributed by atoms with Crippen LogP contribution in [-0.4, -0.2) is 42.6 Å². The highest BCUT2D eigenvalue weighted by Gasteiger charge is 2.45. The molecule has 1 aliphatic rings. The van der Waals surface area contributed by atoms with E-state index >= 15 is 0 Å². The fraction of sp³-hybridized carbons (Fsp3) is 0.400. The lowest BCUT2D eigenvalue weighted by molar-refractivity contribution is -0.181. The number of pyridine rings is 2. The van der Waals surface area contributed by atoms with E-state index < -0.39 is 33.8 Å². The van der Waals surface area contributed by atoms with Crippen molar-refractivity contribution in [3.05, 3.63) is 47.4 Å². The molecule has 12 heteroatoms. The highest BCUT2D eigenvalue weighted by Crippen LogP contribution is 2.58. The minimum Gasteiger partial charge on any atom is -0.383 e. The van der Waals surface area contributed by atoms with Gasteiger partial charge < -0.3 is 16.5 Å². The van der Waals surface area contributed by atoms with Gasteiger partial charge in [0.2, 0.25) is 0 Å². The first-order valence-electron chi connectivity index (χ1n) is 9.85. The van der Waals surface area contributed by atoms with E-state index in [0.717, 1.165) is 6.21 Å². The molecule has 2 heterocycles. The molecule has 0 aliphatic heterocycles. The Morgan fingerprint density at radius 2 is 2.03 bits per heavy atom. The standard InChI is InChI=1S/C20H24F3N5O3S/c21-20(22,23)14-2-1-3-16(7-14)32(30,31)17-5-4-15(26-11-17)10-28-19(29)13-6-12(8-24)18(25)27-9-13/h4-6,8-9,11,14,16,24,30-31H,1-3,7,10H2,(H2,25,27)(H,28,29). The number of rotatable bonds is 6. The molecule has 2 unspecified atom stereocenters. The van der Waals surface area contributed by atoms with E-state index in [0.29, 0.717) is 17.7 Å². The first-order chi connectivity index (χ1) is 15.0. The fourth-order valence-corrected chi connectivity index (χ4v) is 5.49. The van der Waals surface area contributed by atoms with Crippen LogP contribution in [-0.2, 0) is 6.54 Å². The van der Waals surface area contributed by atoms with Gasteiger partial charge in [0.1, 0.15) is 5.82 Å². The van der Waals surface area contributed by atoms with Gasteiger partial charge in [-0.05, 0) is 37.5 Å². The van der Waals surface area contributed by atoms with Crippen molar-refractivity contribution < 1.29 is 27.1 Å². The van der Waals surface area contributed by atoms with Gasteiger partial charge in [-0.15, -0.1) is 0 Å². The third kappa shape index (κ3) is 5.37. The number of halogens is 3. The number of hydrogen-bond donors (Lipinski definition) is 5. The number of carbonyl (C=O) groups is 1. The summed E-state index contributed by atoms with van der Waals surface area (Å²) in [6, 6.07) is 4.33. The summed E-state index contributed by atoms with van der Waals surface area (Å²) in [7, 11) is -3.45. The topological polar surface area (TPSA) is 145 Å². The number of anilines is 1.